The lowest BCUT2D eigenvalue weighted by Gasteiger charge is -2.28. The van der Waals surface area contributed by atoms with Crippen LogP contribution < -0.4 is 5.73 Å². The van der Waals surface area contributed by atoms with Gasteiger partial charge in [0.1, 0.15) is 0 Å². The number of hydrogen-bond acceptors (Lipinski definition) is 4. The van der Waals surface area contributed by atoms with Gasteiger partial charge in [0.25, 0.3) is 0 Å². The molecule has 0 saturated heterocycles. The number of methoxy groups -OCH3 is 1. The van der Waals surface area contributed by atoms with E-state index in [2.05, 4.69) is 17.0 Å². The number of nitrogens with zero attached hydrogens (tertiary/aromatic N) is 2. The average molecular weight is 215 g/mol. The molecule has 1 aliphatic rings. The minimum absolute atomic E-state index is 0.263. The molecule has 0 aromatic carbocycles. The van der Waals surface area contributed by atoms with Crippen LogP contribution in [0.2, 0.25) is 0 Å². The standard InChI is InChI=1S/C10H21N3O2/c1-8(9-3-4-9)13(5-6-15-2)7-10(11)12-14/h8-9,14H,3-7H2,1-2H3,(H2,11,12). The van der Waals surface area contributed by atoms with Crippen molar-refractivity contribution in [2.45, 2.75) is 25.8 Å². The van der Waals surface area contributed by atoms with Gasteiger partial charge in [-0.15, -0.1) is 0 Å². The lowest BCUT2D eigenvalue weighted by molar-refractivity contribution is 0.128. The van der Waals surface area contributed by atoms with Gasteiger partial charge in [-0.1, -0.05) is 5.16 Å². The van der Waals surface area contributed by atoms with E-state index in [4.69, 9.17) is 15.7 Å². The molecule has 88 valence electrons. The van der Waals surface area contributed by atoms with E-state index in [9.17, 15) is 0 Å². The SMILES string of the molecule is COCCN(CC(N)=NO)C(C)C1CC1. The van der Waals surface area contributed by atoms with Gasteiger partial charge >= 0.3 is 0 Å². The van der Waals surface area contributed by atoms with Crippen molar-refractivity contribution in [3.8, 4) is 0 Å². The molecular formula is C10H21N3O2. The number of rotatable bonds is 7. The van der Waals surface area contributed by atoms with Crippen molar-refractivity contribution in [2.75, 3.05) is 26.8 Å². The Morgan fingerprint density at radius 2 is 2.33 bits per heavy atom. The van der Waals surface area contributed by atoms with Crippen LogP contribution in [0.25, 0.3) is 0 Å². The normalized spacial score (nSPS) is 19.5. The molecule has 1 atom stereocenters. The molecule has 1 unspecified atom stereocenters. The smallest absolute Gasteiger partial charge is 0.153 e. The summed E-state index contributed by atoms with van der Waals surface area (Å²) in [6.45, 7) is 4.20. The van der Waals surface area contributed by atoms with E-state index in [0.29, 0.717) is 19.2 Å². The van der Waals surface area contributed by atoms with Crippen molar-refractivity contribution in [1.82, 2.24) is 4.90 Å². The van der Waals surface area contributed by atoms with E-state index < -0.39 is 0 Å². The zero-order valence-electron chi connectivity index (χ0n) is 9.52. The third kappa shape index (κ3) is 4.05. The number of amidine groups is 1. The second kappa shape index (κ2) is 5.92. The van der Waals surface area contributed by atoms with Crippen LogP contribution in [0.1, 0.15) is 19.8 Å². The van der Waals surface area contributed by atoms with Gasteiger partial charge in [0.05, 0.1) is 13.2 Å². The van der Waals surface area contributed by atoms with E-state index in [1.807, 2.05) is 0 Å². The molecular weight excluding hydrogens is 194 g/mol. The van der Waals surface area contributed by atoms with Crippen LogP contribution in [0.5, 0.6) is 0 Å². The highest BCUT2D eigenvalue weighted by molar-refractivity contribution is 5.81. The Morgan fingerprint density at radius 1 is 1.67 bits per heavy atom. The van der Waals surface area contributed by atoms with Gasteiger partial charge in [0.2, 0.25) is 0 Å². The summed E-state index contributed by atoms with van der Waals surface area (Å²) in [6.07, 6.45) is 2.58. The highest BCUT2D eigenvalue weighted by atomic mass is 16.5. The van der Waals surface area contributed by atoms with Crippen LogP contribution in [-0.4, -0.2) is 48.8 Å². The lowest BCUT2D eigenvalue weighted by atomic mass is 10.2. The lowest BCUT2D eigenvalue weighted by Crippen LogP contribution is -2.42. The molecule has 0 aromatic heterocycles. The first-order chi connectivity index (χ1) is 7.19. The van der Waals surface area contributed by atoms with Crippen molar-refractivity contribution in [3.63, 3.8) is 0 Å². The highest BCUT2D eigenvalue weighted by Gasteiger charge is 2.32. The Balaban J connectivity index is 2.43. The topological polar surface area (TPSA) is 71.1 Å². The Morgan fingerprint density at radius 3 is 2.80 bits per heavy atom. The molecule has 15 heavy (non-hydrogen) atoms. The first-order valence-corrected chi connectivity index (χ1v) is 5.38. The molecule has 0 bridgehead atoms. The Bertz CT molecular complexity index is 217. The van der Waals surface area contributed by atoms with Crippen LogP contribution in [0.15, 0.2) is 5.16 Å². The van der Waals surface area contributed by atoms with Gasteiger partial charge < -0.3 is 15.7 Å². The molecule has 1 saturated carbocycles. The maximum Gasteiger partial charge on any atom is 0.153 e. The summed E-state index contributed by atoms with van der Waals surface area (Å²) in [5.74, 6) is 1.03. The first kappa shape index (κ1) is 12.3. The Labute approximate surface area is 90.9 Å². The van der Waals surface area contributed by atoms with E-state index in [-0.39, 0.29) is 5.84 Å². The molecule has 0 heterocycles. The molecule has 1 aliphatic carbocycles. The fourth-order valence-electron chi connectivity index (χ4n) is 1.75. The van der Waals surface area contributed by atoms with Crippen molar-refractivity contribution in [3.05, 3.63) is 0 Å². The van der Waals surface area contributed by atoms with E-state index in [1.54, 1.807) is 7.11 Å². The number of oxime groups is 1. The van der Waals surface area contributed by atoms with Crippen LogP contribution in [0.3, 0.4) is 0 Å². The third-order valence-electron chi connectivity index (χ3n) is 2.96. The van der Waals surface area contributed by atoms with Gasteiger partial charge in [-0.3, -0.25) is 4.90 Å². The second-order valence-electron chi connectivity index (χ2n) is 4.13. The zero-order chi connectivity index (χ0) is 11.3. The molecule has 0 amide bonds. The number of hydrogen-bond donors (Lipinski definition) is 2. The average Bonchev–Trinajstić information content (AvgIpc) is 3.06. The summed E-state index contributed by atoms with van der Waals surface area (Å²) in [5, 5.41) is 11.6. The van der Waals surface area contributed by atoms with Gasteiger partial charge in [0, 0.05) is 19.7 Å². The minimum atomic E-state index is 0.263. The van der Waals surface area contributed by atoms with Crippen LogP contribution in [0, 0.1) is 5.92 Å². The van der Waals surface area contributed by atoms with E-state index >= 15 is 0 Å². The molecule has 3 N–H and O–H groups in total. The summed E-state index contributed by atoms with van der Waals surface area (Å²) in [6, 6.07) is 0.487. The van der Waals surface area contributed by atoms with Gasteiger partial charge in [-0.2, -0.15) is 0 Å². The highest BCUT2D eigenvalue weighted by Crippen LogP contribution is 2.34. The largest absolute Gasteiger partial charge is 0.409 e. The summed E-state index contributed by atoms with van der Waals surface area (Å²) in [5.41, 5.74) is 5.52. The molecule has 1 fully saturated rings. The summed E-state index contributed by atoms with van der Waals surface area (Å²) < 4.78 is 5.05. The summed E-state index contributed by atoms with van der Waals surface area (Å²) >= 11 is 0. The van der Waals surface area contributed by atoms with Crippen molar-refractivity contribution < 1.29 is 9.94 Å². The Hall–Kier alpha value is -0.810. The molecule has 5 heteroatoms. The van der Waals surface area contributed by atoms with Crippen LogP contribution >= 0.6 is 0 Å². The first-order valence-electron chi connectivity index (χ1n) is 5.38. The number of nitrogens with two attached hydrogens (primary N) is 1. The predicted octanol–water partition coefficient (Wildman–Crippen LogP) is 0.480. The molecule has 0 radical (unpaired) electrons. The van der Waals surface area contributed by atoms with Gasteiger partial charge in [0.15, 0.2) is 5.84 Å². The van der Waals surface area contributed by atoms with E-state index in [1.165, 1.54) is 12.8 Å². The molecule has 0 aliphatic heterocycles. The summed E-state index contributed by atoms with van der Waals surface area (Å²) in [7, 11) is 1.68. The fourth-order valence-corrected chi connectivity index (χ4v) is 1.75. The molecule has 0 aromatic rings. The van der Waals surface area contributed by atoms with Crippen molar-refractivity contribution in [2.24, 2.45) is 16.8 Å². The predicted molar refractivity (Wildman–Crippen MR) is 59.0 cm³/mol. The maximum atomic E-state index is 8.55. The maximum absolute atomic E-state index is 8.55. The number of ether oxygens (including phenoxy) is 1. The molecule has 5 nitrogen and oxygen atoms in total. The summed E-state index contributed by atoms with van der Waals surface area (Å²) in [4.78, 5) is 2.20. The minimum Gasteiger partial charge on any atom is -0.409 e. The quantitative estimate of drug-likeness (QED) is 0.280. The molecule has 1 rings (SSSR count). The Kier molecular flexibility index (Phi) is 4.84. The molecule has 0 spiro atoms. The van der Waals surface area contributed by atoms with E-state index in [0.717, 1.165) is 12.5 Å². The zero-order valence-corrected chi connectivity index (χ0v) is 9.52. The second-order valence-corrected chi connectivity index (χ2v) is 4.13. The van der Waals surface area contributed by atoms with Crippen molar-refractivity contribution in [1.29, 1.82) is 0 Å². The fraction of sp³-hybridized carbons (Fsp3) is 0.900. The third-order valence-corrected chi connectivity index (χ3v) is 2.96. The van der Waals surface area contributed by atoms with Gasteiger partial charge in [-0.05, 0) is 25.7 Å². The monoisotopic (exact) mass is 215 g/mol. The van der Waals surface area contributed by atoms with Crippen LogP contribution in [-0.2, 0) is 4.74 Å². The van der Waals surface area contributed by atoms with Crippen LogP contribution in [0.4, 0.5) is 0 Å². The van der Waals surface area contributed by atoms with Gasteiger partial charge in [-0.25, -0.2) is 0 Å². The van der Waals surface area contributed by atoms with Crippen molar-refractivity contribution >= 4 is 5.84 Å².